The summed E-state index contributed by atoms with van der Waals surface area (Å²) in [4.78, 5) is 26.4. The number of carbonyl (C=O) groups is 2. The molecule has 0 bridgehead atoms. The molecule has 2 aliphatic rings. The van der Waals surface area contributed by atoms with Crippen molar-refractivity contribution in [1.29, 1.82) is 0 Å². The summed E-state index contributed by atoms with van der Waals surface area (Å²) in [5, 5.41) is 8.52. The minimum Gasteiger partial charge on any atom is -0.468 e. The molecule has 2 fully saturated rings. The van der Waals surface area contributed by atoms with E-state index in [-0.39, 0.29) is 18.0 Å². The van der Waals surface area contributed by atoms with Crippen LogP contribution in [-0.4, -0.2) is 49.1 Å². The third-order valence-corrected chi connectivity index (χ3v) is 4.75. The molecule has 2 saturated heterocycles. The third-order valence-electron chi connectivity index (χ3n) is 4.75. The van der Waals surface area contributed by atoms with Crippen LogP contribution in [0.15, 0.2) is 22.8 Å². The molecule has 1 aromatic heterocycles. The van der Waals surface area contributed by atoms with Crippen LogP contribution in [0.2, 0.25) is 0 Å². The van der Waals surface area contributed by atoms with Crippen LogP contribution >= 0.6 is 0 Å². The predicted molar refractivity (Wildman–Crippen MR) is 89.4 cm³/mol. The Labute approximate surface area is 142 Å². The zero-order valence-electron chi connectivity index (χ0n) is 13.9. The topological polar surface area (TPSA) is 86.6 Å². The van der Waals surface area contributed by atoms with Crippen molar-refractivity contribution >= 4 is 11.9 Å². The molecule has 0 radical (unpaired) electrons. The second-order valence-electron chi connectivity index (χ2n) is 6.47. The SMILES string of the molecule is O=C(NC[C@@H](c1ccco1)N1CCCC1)N[C@H]1CCCCNC1=O. The lowest BCUT2D eigenvalue weighted by Gasteiger charge is -2.26. The summed E-state index contributed by atoms with van der Waals surface area (Å²) in [7, 11) is 0. The normalized spacial score (nSPS) is 23.3. The maximum atomic E-state index is 12.2. The minimum atomic E-state index is -0.443. The van der Waals surface area contributed by atoms with Crippen molar-refractivity contribution in [3.05, 3.63) is 24.2 Å². The van der Waals surface area contributed by atoms with Gasteiger partial charge in [-0.1, -0.05) is 0 Å². The van der Waals surface area contributed by atoms with Crippen LogP contribution in [0.3, 0.4) is 0 Å². The molecule has 3 N–H and O–H groups in total. The van der Waals surface area contributed by atoms with E-state index >= 15 is 0 Å². The second-order valence-corrected chi connectivity index (χ2v) is 6.47. The average Bonchev–Trinajstić information content (AvgIpc) is 3.24. The molecule has 0 unspecified atom stereocenters. The Morgan fingerprint density at radius 3 is 2.92 bits per heavy atom. The molecule has 7 heteroatoms. The zero-order valence-corrected chi connectivity index (χ0v) is 13.9. The molecule has 0 saturated carbocycles. The first-order valence-electron chi connectivity index (χ1n) is 8.83. The quantitative estimate of drug-likeness (QED) is 0.759. The summed E-state index contributed by atoms with van der Waals surface area (Å²) in [5.74, 6) is 0.772. The van der Waals surface area contributed by atoms with Crippen LogP contribution in [0.5, 0.6) is 0 Å². The van der Waals surface area contributed by atoms with Gasteiger partial charge in [0, 0.05) is 13.1 Å². The van der Waals surface area contributed by atoms with Gasteiger partial charge in [-0.05, 0) is 57.3 Å². The van der Waals surface area contributed by atoms with Crippen LogP contribution in [0, 0.1) is 0 Å². The highest BCUT2D eigenvalue weighted by atomic mass is 16.3. The summed E-state index contributed by atoms with van der Waals surface area (Å²) in [6.07, 6.45) is 6.59. The fourth-order valence-corrected chi connectivity index (χ4v) is 3.42. The number of hydrogen-bond acceptors (Lipinski definition) is 4. The molecule has 7 nitrogen and oxygen atoms in total. The van der Waals surface area contributed by atoms with Crippen LogP contribution in [0.25, 0.3) is 0 Å². The smallest absolute Gasteiger partial charge is 0.315 e. The van der Waals surface area contributed by atoms with Crippen molar-refractivity contribution in [1.82, 2.24) is 20.9 Å². The minimum absolute atomic E-state index is 0.0382. The second kappa shape index (κ2) is 8.19. The number of furan rings is 1. The van der Waals surface area contributed by atoms with Crippen LogP contribution < -0.4 is 16.0 Å². The number of carbonyl (C=O) groups excluding carboxylic acids is 2. The Bertz CT molecular complexity index is 540. The van der Waals surface area contributed by atoms with Crippen molar-refractivity contribution in [3.63, 3.8) is 0 Å². The van der Waals surface area contributed by atoms with Crippen LogP contribution in [-0.2, 0) is 4.79 Å². The van der Waals surface area contributed by atoms with E-state index in [2.05, 4.69) is 20.9 Å². The van der Waals surface area contributed by atoms with Gasteiger partial charge in [0.05, 0.1) is 12.3 Å². The van der Waals surface area contributed by atoms with Gasteiger partial charge in [0.1, 0.15) is 11.8 Å². The number of urea groups is 1. The van der Waals surface area contributed by atoms with E-state index in [1.54, 1.807) is 6.26 Å². The summed E-state index contributed by atoms with van der Waals surface area (Å²) in [6, 6.07) is 3.11. The van der Waals surface area contributed by atoms with Crippen molar-refractivity contribution in [3.8, 4) is 0 Å². The molecule has 1 aromatic rings. The molecule has 3 heterocycles. The molecule has 0 aliphatic carbocycles. The van der Waals surface area contributed by atoms with Gasteiger partial charge >= 0.3 is 6.03 Å². The summed E-state index contributed by atoms with van der Waals surface area (Å²) >= 11 is 0. The average molecular weight is 334 g/mol. The molecule has 2 atom stereocenters. The van der Waals surface area contributed by atoms with Gasteiger partial charge in [-0.15, -0.1) is 0 Å². The number of amides is 3. The fraction of sp³-hybridized carbons (Fsp3) is 0.647. The molecule has 0 aromatic carbocycles. The van der Waals surface area contributed by atoms with Gasteiger partial charge in [-0.3, -0.25) is 9.69 Å². The monoisotopic (exact) mass is 334 g/mol. The Kier molecular flexibility index (Phi) is 5.74. The predicted octanol–water partition coefficient (Wildman–Crippen LogP) is 1.38. The van der Waals surface area contributed by atoms with Crippen molar-refractivity contribution in [2.24, 2.45) is 0 Å². The highest BCUT2D eigenvalue weighted by molar-refractivity contribution is 5.87. The Morgan fingerprint density at radius 1 is 1.33 bits per heavy atom. The lowest BCUT2D eigenvalue weighted by molar-refractivity contribution is -0.122. The van der Waals surface area contributed by atoms with Crippen molar-refractivity contribution < 1.29 is 14.0 Å². The molecule has 24 heavy (non-hydrogen) atoms. The summed E-state index contributed by atoms with van der Waals surface area (Å²) in [5.41, 5.74) is 0. The standard InChI is InChI=1S/C17H26N4O3/c22-16-13(6-1-2-8-18-16)20-17(23)19-12-14(15-7-5-11-24-15)21-9-3-4-10-21/h5,7,11,13-14H,1-4,6,8-10,12H2,(H,18,22)(H2,19,20,23)/t13-,14-/m0/s1. The Hall–Kier alpha value is -2.02. The van der Waals surface area contributed by atoms with E-state index in [9.17, 15) is 9.59 Å². The number of nitrogens with one attached hydrogen (secondary N) is 3. The van der Waals surface area contributed by atoms with Gasteiger partial charge < -0.3 is 20.4 Å². The molecule has 2 aliphatic heterocycles. The van der Waals surface area contributed by atoms with E-state index in [1.807, 2.05) is 12.1 Å². The largest absolute Gasteiger partial charge is 0.468 e. The van der Waals surface area contributed by atoms with E-state index in [0.717, 1.165) is 31.7 Å². The van der Waals surface area contributed by atoms with Gasteiger partial charge in [-0.2, -0.15) is 0 Å². The number of hydrogen-bond donors (Lipinski definition) is 3. The van der Waals surface area contributed by atoms with E-state index in [4.69, 9.17) is 4.42 Å². The Balaban J connectivity index is 1.53. The van der Waals surface area contributed by atoms with Gasteiger partial charge in [0.15, 0.2) is 0 Å². The van der Waals surface area contributed by atoms with Gasteiger partial charge in [-0.25, -0.2) is 4.79 Å². The maximum absolute atomic E-state index is 12.2. The number of rotatable bonds is 5. The third kappa shape index (κ3) is 4.29. The first-order chi connectivity index (χ1) is 11.7. The molecule has 3 amide bonds. The van der Waals surface area contributed by atoms with Gasteiger partial charge in [0.25, 0.3) is 0 Å². The van der Waals surface area contributed by atoms with Crippen LogP contribution in [0.4, 0.5) is 4.79 Å². The highest BCUT2D eigenvalue weighted by Crippen LogP contribution is 2.24. The molecular formula is C17H26N4O3. The molecular weight excluding hydrogens is 308 g/mol. The van der Waals surface area contributed by atoms with E-state index in [0.29, 0.717) is 19.5 Å². The van der Waals surface area contributed by atoms with Crippen molar-refractivity contribution in [2.75, 3.05) is 26.2 Å². The summed E-state index contributed by atoms with van der Waals surface area (Å²) in [6.45, 7) is 3.18. The summed E-state index contributed by atoms with van der Waals surface area (Å²) < 4.78 is 5.55. The first kappa shape index (κ1) is 16.8. The van der Waals surface area contributed by atoms with Crippen molar-refractivity contribution in [2.45, 2.75) is 44.2 Å². The van der Waals surface area contributed by atoms with E-state index in [1.165, 1.54) is 12.8 Å². The first-order valence-corrected chi connectivity index (χ1v) is 8.83. The molecule has 3 rings (SSSR count). The molecule has 132 valence electrons. The number of likely N-dealkylation sites (tertiary alicyclic amines) is 1. The van der Waals surface area contributed by atoms with E-state index < -0.39 is 6.04 Å². The lowest BCUT2D eigenvalue weighted by Crippen LogP contribution is -2.50. The Morgan fingerprint density at radius 2 is 2.17 bits per heavy atom. The van der Waals surface area contributed by atoms with Gasteiger partial charge in [0.2, 0.25) is 5.91 Å². The van der Waals surface area contributed by atoms with Crippen LogP contribution in [0.1, 0.15) is 43.9 Å². The maximum Gasteiger partial charge on any atom is 0.315 e. The fourth-order valence-electron chi connectivity index (χ4n) is 3.42. The highest BCUT2D eigenvalue weighted by Gasteiger charge is 2.27. The lowest BCUT2D eigenvalue weighted by atomic mass is 10.1. The zero-order chi connectivity index (χ0) is 16.8. The number of nitrogens with zero attached hydrogens (tertiary/aromatic N) is 1. The molecule has 0 spiro atoms.